The maximum atomic E-state index is 13.4. The molecule has 9 heteroatoms. The van der Waals surface area contributed by atoms with E-state index in [4.69, 9.17) is 41.8 Å². The highest BCUT2D eigenvalue weighted by molar-refractivity contribution is 6.32. The molecule has 0 spiro atoms. The minimum atomic E-state index is -0.514. The number of rotatable bonds is 7. The van der Waals surface area contributed by atoms with Gasteiger partial charge in [-0.25, -0.2) is 0 Å². The van der Waals surface area contributed by atoms with Crippen molar-refractivity contribution in [3.05, 3.63) is 80.4 Å². The van der Waals surface area contributed by atoms with Gasteiger partial charge >= 0.3 is 0 Å². The summed E-state index contributed by atoms with van der Waals surface area (Å²) >= 11 is 12.3. The van der Waals surface area contributed by atoms with Crippen LogP contribution in [0.3, 0.4) is 0 Å². The Hall–Kier alpha value is -3.68. The molecule has 1 amide bonds. The number of methoxy groups -OCH3 is 2. The van der Waals surface area contributed by atoms with Gasteiger partial charge in [0.2, 0.25) is 11.2 Å². The van der Waals surface area contributed by atoms with Crippen molar-refractivity contribution in [1.82, 2.24) is 0 Å². The first-order valence-electron chi connectivity index (χ1n) is 10.5. The van der Waals surface area contributed by atoms with Gasteiger partial charge in [0.15, 0.2) is 12.4 Å². The number of halogens is 2. The zero-order valence-corrected chi connectivity index (χ0v) is 20.6. The molecule has 0 radical (unpaired) electrons. The van der Waals surface area contributed by atoms with Gasteiger partial charge in [-0.3, -0.25) is 9.59 Å². The Morgan fingerprint density at radius 3 is 2.43 bits per heavy atom. The van der Waals surface area contributed by atoms with Gasteiger partial charge in [0.05, 0.1) is 25.3 Å². The molecule has 3 aromatic carbocycles. The van der Waals surface area contributed by atoms with Crippen LogP contribution in [0.5, 0.6) is 17.2 Å². The van der Waals surface area contributed by atoms with Gasteiger partial charge in [-0.1, -0.05) is 23.2 Å². The van der Waals surface area contributed by atoms with Crippen LogP contribution in [0.15, 0.2) is 63.8 Å². The van der Waals surface area contributed by atoms with Gasteiger partial charge in [0, 0.05) is 21.7 Å². The van der Waals surface area contributed by atoms with E-state index in [0.29, 0.717) is 38.4 Å². The largest absolute Gasteiger partial charge is 0.497 e. The quantitative estimate of drug-likeness (QED) is 0.320. The van der Waals surface area contributed by atoms with E-state index in [9.17, 15) is 9.59 Å². The maximum absolute atomic E-state index is 13.4. The summed E-state index contributed by atoms with van der Waals surface area (Å²) < 4.78 is 22.3. The zero-order valence-electron chi connectivity index (χ0n) is 19.1. The van der Waals surface area contributed by atoms with Crippen LogP contribution >= 0.6 is 23.2 Å². The van der Waals surface area contributed by atoms with E-state index in [2.05, 4.69) is 5.32 Å². The number of hydrogen-bond acceptors (Lipinski definition) is 6. The van der Waals surface area contributed by atoms with E-state index < -0.39 is 17.9 Å². The van der Waals surface area contributed by atoms with Gasteiger partial charge in [-0.05, 0) is 61.0 Å². The Bertz CT molecular complexity index is 1460. The summed E-state index contributed by atoms with van der Waals surface area (Å²) in [5.41, 5.74) is 1.60. The number of amides is 1. The molecule has 0 atom stereocenters. The van der Waals surface area contributed by atoms with Crippen LogP contribution < -0.4 is 25.0 Å². The van der Waals surface area contributed by atoms with Crippen molar-refractivity contribution >= 4 is 45.8 Å². The first-order valence-corrected chi connectivity index (χ1v) is 11.2. The number of benzene rings is 3. The van der Waals surface area contributed by atoms with E-state index in [-0.39, 0.29) is 16.9 Å². The SMILES string of the molecule is COc1ccc(OC)c(NC(=O)COc2c(-c3ccc(Cl)cc3)oc3cc(C)c(Cl)cc3c2=O)c1. The molecule has 0 aliphatic carbocycles. The van der Waals surface area contributed by atoms with Crippen LogP contribution in [-0.2, 0) is 4.79 Å². The third-order valence-electron chi connectivity index (χ3n) is 5.26. The minimum Gasteiger partial charge on any atom is -0.497 e. The number of aryl methyl sites for hydroxylation is 1. The Morgan fingerprint density at radius 1 is 1.00 bits per heavy atom. The Kier molecular flexibility index (Phi) is 7.19. The van der Waals surface area contributed by atoms with Crippen LogP contribution in [0.4, 0.5) is 5.69 Å². The Balaban J connectivity index is 1.70. The molecule has 35 heavy (non-hydrogen) atoms. The molecule has 0 saturated heterocycles. The number of ether oxygens (including phenoxy) is 3. The fourth-order valence-corrected chi connectivity index (χ4v) is 3.75. The van der Waals surface area contributed by atoms with E-state index in [1.54, 1.807) is 48.5 Å². The minimum absolute atomic E-state index is 0.118. The van der Waals surface area contributed by atoms with Crippen molar-refractivity contribution in [2.45, 2.75) is 6.92 Å². The van der Waals surface area contributed by atoms with Gasteiger partial charge in [0.1, 0.15) is 17.1 Å². The zero-order chi connectivity index (χ0) is 25.1. The van der Waals surface area contributed by atoms with Crippen molar-refractivity contribution in [3.63, 3.8) is 0 Å². The summed E-state index contributed by atoms with van der Waals surface area (Å²) in [6.07, 6.45) is 0. The predicted molar refractivity (Wildman–Crippen MR) is 136 cm³/mol. The second-order valence-electron chi connectivity index (χ2n) is 7.60. The third kappa shape index (κ3) is 5.21. The summed E-state index contributed by atoms with van der Waals surface area (Å²) in [6.45, 7) is 1.35. The lowest BCUT2D eigenvalue weighted by atomic mass is 10.1. The highest BCUT2D eigenvalue weighted by Crippen LogP contribution is 2.34. The molecule has 0 unspecified atom stereocenters. The predicted octanol–water partition coefficient (Wildman–Crippen LogP) is 6.11. The molecule has 0 aliphatic rings. The maximum Gasteiger partial charge on any atom is 0.262 e. The highest BCUT2D eigenvalue weighted by Gasteiger charge is 2.20. The van der Waals surface area contributed by atoms with Gasteiger partial charge in [-0.15, -0.1) is 0 Å². The molecule has 0 aliphatic heterocycles. The fourth-order valence-electron chi connectivity index (χ4n) is 3.46. The van der Waals surface area contributed by atoms with Crippen LogP contribution in [0.2, 0.25) is 10.0 Å². The van der Waals surface area contributed by atoms with Gasteiger partial charge in [-0.2, -0.15) is 0 Å². The Labute approximate surface area is 211 Å². The normalized spacial score (nSPS) is 10.8. The molecule has 7 nitrogen and oxygen atoms in total. The first-order chi connectivity index (χ1) is 16.8. The molecule has 0 bridgehead atoms. The number of carbonyl (C=O) groups is 1. The number of nitrogens with one attached hydrogen (secondary N) is 1. The van der Waals surface area contributed by atoms with Crippen LogP contribution in [-0.4, -0.2) is 26.7 Å². The average Bonchev–Trinajstić information content (AvgIpc) is 2.85. The van der Waals surface area contributed by atoms with Crippen LogP contribution in [0.25, 0.3) is 22.3 Å². The van der Waals surface area contributed by atoms with E-state index in [0.717, 1.165) is 5.56 Å². The first kappa shape index (κ1) is 24.4. The highest BCUT2D eigenvalue weighted by atomic mass is 35.5. The van der Waals surface area contributed by atoms with E-state index in [1.165, 1.54) is 20.3 Å². The van der Waals surface area contributed by atoms with Crippen molar-refractivity contribution in [1.29, 1.82) is 0 Å². The van der Waals surface area contributed by atoms with Crippen molar-refractivity contribution in [2.75, 3.05) is 26.1 Å². The topological polar surface area (TPSA) is 87.0 Å². The van der Waals surface area contributed by atoms with Crippen molar-refractivity contribution < 1.29 is 23.4 Å². The summed E-state index contributed by atoms with van der Waals surface area (Å²) in [5, 5.41) is 3.88. The summed E-state index contributed by atoms with van der Waals surface area (Å²) in [4.78, 5) is 26.1. The number of hydrogen-bond donors (Lipinski definition) is 1. The molecule has 4 rings (SSSR count). The average molecular weight is 514 g/mol. The monoisotopic (exact) mass is 513 g/mol. The summed E-state index contributed by atoms with van der Waals surface area (Å²) in [6, 6.07) is 14.9. The molecular formula is C26H21Cl2NO6. The summed E-state index contributed by atoms with van der Waals surface area (Å²) in [5.74, 6) is 0.519. The van der Waals surface area contributed by atoms with Gasteiger partial charge < -0.3 is 23.9 Å². The second kappa shape index (κ2) is 10.3. The molecule has 0 saturated carbocycles. The number of anilines is 1. The lowest BCUT2D eigenvalue weighted by Crippen LogP contribution is -2.23. The van der Waals surface area contributed by atoms with Gasteiger partial charge in [0.25, 0.3) is 5.91 Å². The summed E-state index contributed by atoms with van der Waals surface area (Å²) in [7, 11) is 3.00. The molecule has 1 N–H and O–H groups in total. The lowest BCUT2D eigenvalue weighted by Gasteiger charge is -2.14. The van der Waals surface area contributed by atoms with E-state index in [1.807, 2.05) is 6.92 Å². The molecule has 1 heterocycles. The molecule has 4 aromatic rings. The molecule has 0 fully saturated rings. The number of fused-ring (bicyclic) bond motifs is 1. The molecule has 1 aromatic heterocycles. The lowest BCUT2D eigenvalue weighted by molar-refractivity contribution is -0.118. The molecule has 180 valence electrons. The fraction of sp³-hybridized carbons (Fsp3) is 0.154. The standard InChI is InChI=1S/C26H21Cl2NO6/c1-14-10-22-18(12-19(14)28)24(31)26(25(35-22)15-4-6-16(27)7-5-15)34-13-23(30)29-20-11-17(32-2)8-9-21(20)33-3/h4-12H,13H2,1-3H3,(H,29,30). The number of carbonyl (C=O) groups excluding carboxylic acids is 1. The van der Waals surface area contributed by atoms with Crippen LogP contribution in [0, 0.1) is 6.92 Å². The Morgan fingerprint density at radius 2 is 1.74 bits per heavy atom. The van der Waals surface area contributed by atoms with E-state index >= 15 is 0 Å². The van der Waals surface area contributed by atoms with Crippen molar-refractivity contribution in [2.24, 2.45) is 0 Å². The second-order valence-corrected chi connectivity index (χ2v) is 8.44. The van der Waals surface area contributed by atoms with Crippen LogP contribution in [0.1, 0.15) is 5.56 Å². The third-order valence-corrected chi connectivity index (χ3v) is 5.92. The van der Waals surface area contributed by atoms with Crippen molar-refractivity contribution in [3.8, 4) is 28.6 Å². The smallest absolute Gasteiger partial charge is 0.262 e. The molecular weight excluding hydrogens is 493 g/mol.